The first-order valence-electron chi connectivity index (χ1n) is 9.50. The van der Waals surface area contributed by atoms with E-state index < -0.39 is 5.97 Å². The van der Waals surface area contributed by atoms with Crippen molar-refractivity contribution in [2.75, 3.05) is 18.5 Å². The first-order chi connectivity index (χ1) is 13.4. The van der Waals surface area contributed by atoms with Crippen LogP contribution in [0.2, 0.25) is 0 Å². The minimum Gasteiger partial charge on any atom is -0.462 e. The average Bonchev–Trinajstić information content (AvgIpc) is 2.93. The Bertz CT molecular complexity index is 819. The highest BCUT2D eigenvalue weighted by atomic mass is 16.5. The zero-order chi connectivity index (χ0) is 20.3. The smallest absolute Gasteiger partial charge is 0.338 e. The highest BCUT2D eigenvalue weighted by Gasteiger charge is 2.46. The Morgan fingerprint density at radius 3 is 2.39 bits per heavy atom. The number of esters is 1. The molecule has 7 heteroatoms. The number of fused-ring (bicyclic) bond motifs is 1. The Morgan fingerprint density at radius 2 is 1.79 bits per heavy atom. The van der Waals surface area contributed by atoms with E-state index in [1.54, 1.807) is 25.1 Å². The van der Waals surface area contributed by atoms with E-state index in [0.29, 0.717) is 24.1 Å². The zero-order valence-electron chi connectivity index (χ0n) is 16.1. The summed E-state index contributed by atoms with van der Waals surface area (Å²) in [7, 11) is 0. The quantitative estimate of drug-likeness (QED) is 0.462. The molecule has 3 amide bonds. The summed E-state index contributed by atoms with van der Waals surface area (Å²) in [5.74, 6) is -1.73. The lowest BCUT2D eigenvalue weighted by atomic mass is 9.85. The maximum Gasteiger partial charge on any atom is 0.338 e. The number of hydrogen-bond donors (Lipinski definition) is 1. The van der Waals surface area contributed by atoms with Crippen LogP contribution in [0.1, 0.15) is 42.1 Å². The summed E-state index contributed by atoms with van der Waals surface area (Å²) >= 11 is 0. The zero-order valence-corrected chi connectivity index (χ0v) is 16.1. The number of carbonyl (C=O) groups is 4. The molecule has 1 fully saturated rings. The fraction of sp³-hybridized carbons (Fsp3) is 0.429. The summed E-state index contributed by atoms with van der Waals surface area (Å²) in [6.45, 7) is 3.87. The van der Waals surface area contributed by atoms with E-state index in [-0.39, 0.29) is 49.1 Å². The molecule has 1 aromatic carbocycles. The third-order valence-corrected chi connectivity index (χ3v) is 5.18. The number of hydrogen-bond acceptors (Lipinski definition) is 5. The van der Waals surface area contributed by atoms with E-state index in [4.69, 9.17) is 4.74 Å². The van der Waals surface area contributed by atoms with E-state index >= 15 is 0 Å². The Labute approximate surface area is 163 Å². The first-order valence-corrected chi connectivity index (χ1v) is 9.50. The van der Waals surface area contributed by atoms with Gasteiger partial charge in [0.15, 0.2) is 0 Å². The molecule has 3 rings (SSSR count). The number of aryl methyl sites for hydroxylation is 1. The number of rotatable bonds is 6. The molecule has 1 N–H and O–H groups in total. The summed E-state index contributed by atoms with van der Waals surface area (Å²) in [5, 5.41) is 2.76. The predicted molar refractivity (Wildman–Crippen MR) is 102 cm³/mol. The van der Waals surface area contributed by atoms with E-state index in [9.17, 15) is 19.2 Å². The molecular weight excluding hydrogens is 360 g/mol. The molecule has 0 spiro atoms. The fourth-order valence-electron chi connectivity index (χ4n) is 3.61. The number of carbonyl (C=O) groups excluding carboxylic acids is 4. The standard InChI is InChI=1S/C21H24N2O5/c1-3-28-21(27)14-9-8-13(2)17(12-14)22-18(24)10-11-23-19(25)15-6-4-5-7-16(15)20(23)26/h4-5,8-9,12,15-16H,3,6-7,10-11H2,1-2H3,(H,22,24)/t15-,16+. The van der Waals surface area contributed by atoms with Gasteiger partial charge in [-0.05, 0) is 44.4 Å². The molecule has 0 aromatic heterocycles. The number of nitrogens with zero attached hydrogens (tertiary/aromatic N) is 1. The van der Waals surface area contributed by atoms with Gasteiger partial charge in [0.25, 0.3) is 0 Å². The minimum absolute atomic E-state index is 0.00736. The van der Waals surface area contributed by atoms with Crippen molar-refractivity contribution in [1.82, 2.24) is 4.90 Å². The van der Waals surface area contributed by atoms with E-state index in [0.717, 1.165) is 5.56 Å². The molecule has 7 nitrogen and oxygen atoms in total. The maximum atomic E-state index is 12.4. The Morgan fingerprint density at radius 1 is 1.14 bits per heavy atom. The third-order valence-electron chi connectivity index (χ3n) is 5.18. The lowest BCUT2D eigenvalue weighted by Gasteiger charge is -2.15. The van der Waals surface area contributed by atoms with Crippen LogP contribution in [0.25, 0.3) is 0 Å². The molecule has 0 saturated carbocycles. The molecule has 1 aliphatic carbocycles. The molecule has 1 aliphatic heterocycles. The van der Waals surface area contributed by atoms with Gasteiger partial charge < -0.3 is 10.1 Å². The lowest BCUT2D eigenvalue weighted by molar-refractivity contribution is -0.140. The minimum atomic E-state index is -0.456. The number of benzene rings is 1. The van der Waals surface area contributed by atoms with Gasteiger partial charge >= 0.3 is 5.97 Å². The highest BCUT2D eigenvalue weighted by molar-refractivity contribution is 6.06. The second kappa shape index (κ2) is 8.37. The molecule has 148 valence electrons. The molecule has 28 heavy (non-hydrogen) atoms. The number of nitrogens with one attached hydrogen (secondary N) is 1. The normalized spacial score (nSPS) is 20.9. The van der Waals surface area contributed by atoms with Crippen LogP contribution in [-0.2, 0) is 19.1 Å². The van der Waals surface area contributed by atoms with E-state index in [1.165, 1.54) is 4.90 Å². The number of likely N-dealkylation sites (tertiary alicyclic amines) is 1. The molecule has 1 aromatic rings. The van der Waals surface area contributed by atoms with Crippen LogP contribution < -0.4 is 5.32 Å². The first kappa shape index (κ1) is 19.8. The Balaban J connectivity index is 1.60. The van der Waals surface area contributed by atoms with Crippen LogP contribution >= 0.6 is 0 Å². The van der Waals surface area contributed by atoms with Crippen molar-refractivity contribution in [3.8, 4) is 0 Å². The van der Waals surface area contributed by atoms with Crippen LogP contribution in [0.15, 0.2) is 30.4 Å². The Hall–Kier alpha value is -2.96. The summed E-state index contributed by atoms with van der Waals surface area (Å²) in [6, 6.07) is 4.94. The molecule has 0 unspecified atom stereocenters. The lowest BCUT2D eigenvalue weighted by Crippen LogP contribution is -2.34. The monoisotopic (exact) mass is 384 g/mol. The topological polar surface area (TPSA) is 92.8 Å². The van der Waals surface area contributed by atoms with Gasteiger partial charge in [0.1, 0.15) is 0 Å². The predicted octanol–water partition coefficient (Wildman–Crippen LogP) is 2.45. The van der Waals surface area contributed by atoms with Gasteiger partial charge in [-0.2, -0.15) is 0 Å². The van der Waals surface area contributed by atoms with Crippen molar-refractivity contribution in [2.45, 2.75) is 33.1 Å². The van der Waals surface area contributed by atoms with Gasteiger partial charge in [-0.15, -0.1) is 0 Å². The maximum absolute atomic E-state index is 12.4. The number of anilines is 1. The number of ether oxygens (including phenoxy) is 1. The molecule has 1 saturated heterocycles. The van der Waals surface area contributed by atoms with Gasteiger partial charge in [0.05, 0.1) is 24.0 Å². The summed E-state index contributed by atoms with van der Waals surface area (Å²) < 4.78 is 4.97. The van der Waals surface area contributed by atoms with E-state index in [1.807, 2.05) is 19.1 Å². The second-order valence-corrected chi connectivity index (χ2v) is 7.03. The van der Waals surface area contributed by atoms with Crippen molar-refractivity contribution < 1.29 is 23.9 Å². The summed E-state index contributed by atoms with van der Waals surface area (Å²) in [5.41, 5.74) is 1.66. The number of allylic oxidation sites excluding steroid dienone is 2. The number of amides is 3. The molecule has 0 bridgehead atoms. The van der Waals surface area contributed by atoms with Gasteiger partial charge in [-0.1, -0.05) is 18.2 Å². The van der Waals surface area contributed by atoms with Crippen LogP contribution in [0, 0.1) is 18.8 Å². The van der Waals surface area contributed by atoms with Crippen molar-refractivity contribution >= 4 is 29.4 Å². The largest absolute Gasteiger partial charge is 0.462 e. The van der Waals surface area contributed by atoms with Crippen molar-refractivity contribution in [1.29, 1.82) is 0 Å². The van der Waals surface area contributed by atoms with Gasteiger partial charge in [-0.3, -0.25) is 19.3 Å². The van der Waals surface area contributed by atoms with Crippen molar-refractivity contribution in [3.63, 3.8) is 0 Å². The molecule has 2 aliphatic rings. The SMILES string of the molecule is CCOC(=O)c1ccc(C)c(NC(=O)CCN2C(=O)[C@H]3CC=CC[C@H]3C2=O)c1. The van der Waals surface area contributed by atoms with Crippen LogP contribution in [0.3, 0.4) is 0 Å². The van der Waals surface area contributed by atoms with Crippen LogP contribution in [0.4, 0.5) is 5.69 Å². The van der Waals surface area contributed by atoms with Crippen molar-refractivity contribution in [3.05, 3.63) is 41.5 Å². The molecular formula is C21H24N2O5. The molecule has 1 heterocycles. The van der Waals surface area contributed by atoms with Crippen LogP contribution in [0.5, 0.6) is 0 Å². The number of imide groups is 1. The molecule has 2 atom stereocenters. The third kappa shape index (κ3) is 3.98. The van der Waals surface area contributed by atoms with E-state index in [2.05, 4.69) is 5.32 Å². The average molecular weight is 384 g/mol. The second-order valence-electron chi connectivity index (χ2n) is 7.03. The van der Waals surface area contributed by atoms with Crippen LogP contribution in [-0.4, -0.2) is 41.7 Å². The van der Waals surface area contributed by atoms with Gasteiger partial charge in [0, 0.05) is 18.7 Å². The fourth-order valence-corrected chi connectivity index (χ4v) is 3.61. The molecule has 0 radical (unpaired) electrons. The van der Waals surface area contributed by atoms with Gasteiger partial charge in [-0.25, -0.2) is 4.79 Å². The Kier molecular flexibility index (Phi) is 5.92. The van der Waals surface area contributed by atoms with Gasteiger partial charge in [0.2, 0.25) is 17.7 Å². The summed E-state index contributed by atoms with van der Waals surface area (Å²) in [4.78, 5) is 50.3. The highest BCUT2D eigenvalue weighted by Crippen LogP contribution is 2.35. The van der Waals surface area contributed by atoms with Crippen molar-refractivity contribution in [2.24, 2.45) is 11.8 Å². The summed E-state index contributed by atoms with van der Waals surface area (Å²) in [6.07, 6.45) is 5.03.